The zero-order chi connectivity index (χ0) is 12.3. The van der Waals surface area contributed by atoms with E-state index < -0.39 is 0 Å². The van der Waals surface area contributed by atoms with Crippen LogP contribution in [0.3, 0.4) is 0 Å². The van der Waals surface area contributed by atoms with Gasteiger partial charge in [0.05, 0.1) is 12.0 Å². The molecule has 0 atom stereocenters. The Morgan fingerprint density at radius 1 is 1.29 bits per heavy atom. The van der Waals surface area contributed by atoms with Gasteiger partial charge < -0.3 is 9.73 Å². The summed E-state index contributed by atoms with van der Waals surface area (Å²) < 4.78 is 5.85. The number of aryl methyl sites for hydroxylation is 1. The number of anilines is 2. The fraction of sp³-hybridized carbons (Fsp3) is 0.0833. The molecule has 4 nitrogen and oxygen atoms in total. The van der Waals surface area contributed by atoms with Crippen molar-refractivity contribution in [3.05, 3.63) is 46.6 Å². The van der Waals surface area contributed by atoms with Crippen LogP contribution in [-0.2, 0) is 0 Å². The van der Waals surface area contributed by atoms with Gasteiger partial charge in [-0.1, -0.05) is 6.07 Å². The first-order valence-corrected chi connectivity index (χ1v) is 5.82. The van der Waals surface area contributed by atoms with Crippen molar-refractivity contribution < 1.29 is 9.21 Å². The minimum atomic E-state index is -0.343. The summed E-state index contributed by atoms with van der Waals surface area (Å²) in [6.07, 6.45) is 1.50. The summed E-state index contributed by atoms with van der Waals surface area (Å²) in [5.41, 5.74) is 1.83. The zero-order valence-electron chi connectivity index (χ0n) is 9.16. The fourth-order valence-electron chi connectivity index (χ4n) is 1.34. The van der Waals surface area contributed by atoms with Crippen LogP contribution in [-0.4, -0.2) is 6.03 Å². The Morgan fingerprint density at radius 2 is 2.12 bits per heavy atom. The summed E-state index contributed by atoms with van der Waals surface area (Å²) in [6, 6.07) is 8.72. The zero-order valence-corrected chi connectivity index (χ0v) is 10.7. The Labute approximate surface area is 107 Å². The molecule has 2 aromatic rings. The highest BCUT2D eigenvalue weighted by Crippen LogP contribution is 2.23. The van der Waals surface area contributed by atoms with Crippen LogP contribution in [0.15, 0.2) is 45.5 Å². The van der Waals surface area contributed by atoms with E-state index in [0.29, 0.717) is 11.6 Å². The summed E-state index contributed by atoms with van der Waals surface area (Å²) in [5.74, 6) is 0.408. The third kappa shape index (κ3) is 3.10. The summed E-state index contributed by atoms with van der Waals surface area (Å²) in [6.45, 7) is 1.98. The van der Waals surface area contributed by atoms with E-state index in [-0.39, 0.29) is 6.03 Å². The molecule has 0 spiro atoms. The summed E-state index contributed by atoms with van der Waals surface area (Å²) >= 11 is 3.39. The van der Waals surface area contributed by atoms with Crippen LogP contribution < -0.4 is 10.6 Å². The molecule has 88 valence electrons. The molecule has 1 heterocycles. The van der Waals surface area contributed by atoms with Crippen molar-refractivity contribution >= 4 is 33.5 Å². The van der Waals surface area contributed by atoms with E-state index in [1.807, 2.05) is 25.1 Å². The van der Waals surface area contributed by atoms with Gasteiger partial charge in [0.2, 0.25) is 5.88 Å². The van der Waals surface area contributed by atoms with Crippen LogP contribution in [0, 0.1) is 6.92 Å². The Balaban J connectivity index is 2.03. The van der Waals surface area contributed by atoms with Gasteiger partial charge in [0.25, 0.3) is 0 Å². The minimum Gasteiger partial charge on any atom is -0.449 e. The largest absolute Gasteiger partial charge is 0.449 e. The van der Waals surface area contributed by atoms with Crippen LogP contribution in [0.4, 0.5) is 16.4 Å². The quantitative estimate of drug-likeness (QED) is 0.880. The molecule has 0 aliphatic rings. The molecule has 1 aromatic carbocycles. The van der Waals surface area contributed by atoms with E-state index in [1.54, 1.807) is 12.1 Å². The molecule has 0 aliphatic carbocycles. The Hall–Kier alpha value is -1.75. The maximum Gasteiger partial charge on any atom is 0.326 e. The lowest BCUT2D eigenvalue weighted by molar-refractivity contribution is 0.261. The van der Waals surface area contributed by atoms with Crippen molar-refractivity contribution in [2.24, 2.45) is 0 Å². The van der Waals surface area contributed by atoms with Crippen LogP contribution in [0.25, 0.3) is 0 Å². The lowest BCUT2D eigenvalue weighted by Gasteiger charge is -2.08. The molecule has 17 heavy (non-hydrogen) atoms. The van der Waals surface area contributed by atoms with Crippen LogP contribution in [0.5, 0.6) is 0 Å². The number of halogens is 1. The minimum absolute atomic E-state index is 0.343. The normalized spacial score (nSPS) is 10.0. The highest BCUT2D eigenvalue weighted by Gasteiger charge is 2.06. The fourth-order valence-corrected chi connectivity index (χ4v) is 1.93. The van der Waals surface area contributed by atoms with Crippen molar-refractivity contribution in [1.82, 2.24) is 0 Å². The second kappa shape index (κ2) is 5.05. The number of amides is 2. The summed E-state index contributed by atoms with van der Waals surface area (Å²) in [7, 11) is 0. The highest BCUT2D eigenvalue weighted by molar-refractivity contribution is 9.10. The van der Waals surface area contributed by atoms with Gasteiger partial charge >= 0.3 is 6.03 Å². The molecule has 0 saturated carbocycles. The molecule has 0 bridgehead atoms. The molecule has 2 N–H and O–H groups in total. The lowest BCUT2D eigenvalue weighted by Crippen LogP contribution is -2.19. The predicted molar refractivity (Wildman–Crippen MR) is 70.2 cm³/mol. The molecule has 0 unspecified atom stereocenters. The molecule has 0 fully saturated rings. The highest BCUT2D eigenvalue weighted by atomic mass is 79.9. The third-order valence-electron chi connectivity index (χ3n) is 2.13. The average Bonchev–Trinajstić information content (AvgIpc) is 2.75. The van der Waals surface area contributed by atoms with Crippen molar-refractivity contribution in [2.45, 2.75) is 6.92 Å². The topological polar surface area (TPSA) is 54.3 Å². The van der Waals surface area contributed by atoms with E-state index in [4.69, 9.17) is 4.42 Å². The number of rotatable bonds is 2. The number of benzene rings is 1. The number of furan rings is 1. The first-order valence-electron chi connectivity index (χ1n) is 5.03. The Bertz CT molecular complexity index is 523. The van der Waals surface area contributed by atoms with Gasteiger partial charge in [0.1, 0.15) is 0 Å². The van der Waals surface area contributed by atoms with Gasteiger partial charge in [-0.25, -0.2) is 4.79 Å². The summed E-state index contributed by atoms with van der Waals surface area (Å²) in [5, 5.41) is 5.29. The average molecular weight is 295 g/mol. The molecule has 2 rings (SSSR count). The van der Waals surface area contributed by atoms with Gasteiger partial charge in [-0.05, 0) is 46.6 Å². The van der Waals surface area contributed by atoms with E-state index in [0.717, 1.165) is 10.0 Å². The number of hydrogen-bond donors (Lipinski definition) is 2. The number of urea groups is 1. The van der Waals surface area contributed by atoms with Crippen molar-refractivity contribution in [3.63, 3.8) is 0 Å². The first kappa shape index (κ1) is 11.7. The maximum absolute atomic E-state index is 11.6. The molecule has 2 amide bonds. The number of carbonyl (C=O) groups is 1. The SMILES string of the molecule is Cc1ccc(NC(=O)Nc2ccco2)c(Br)c1. The van der Waals surface area contributed by atoms with Gasteiger partial charge in [0.15, 0.2) is 0 Å². The molecular weight excluding hydrogens is 284 g/mol. The van der Waals surface area contributed by atoms with Gasteiger partial charge in [-0.3, -0.25) is 5.32 Å². The summed E-state index contributed by atoms with van der Waals surface area (Å²) in [4.78, 5) is 11.6. The molecule has 5 heteroatoms. The van der Waals surface area contributed by atoms with E-state index in [2.05, 4.69) is 26.6 Å². The molecule has 0 saturated heterocycles. The van der Waals surface area contributed by atoms with Gasteiger partial charge in [-0.15, -0.1) is 0 Å². The maximum atomic E-state index is 11.6. The van der Waals surface area contributed by atoms with Crippen LogP contribution >= 0.6 is 15.9 Å². The molecule has 0 aliphatic heterocycles. The van der Waals surface area contributed by atoms with Crippen LogP contribution in [0.1, 0.15) is 5.56 Å². The number of nitrogens with one attached hydrogen (secondary N) is 2. The lowest BCUT2D eigenvalue weighted by atomic mass is 10.2. The smallest absolute Gasteiger partial charge is 0.326 e. The second-order valence-corrected chi connectivity index (χ2v) is 4.39. The number of hydrogen-bond acceptors (Lipinski definition) is 2. The van der Waals surface area contributed by atoms with Gasteiger partial charge in [-0.2, -0.15) is 0 Å². The third-order valence-corrected chi connectivity index (χ3v) is 2.79. The van der Waals surface area contributed by atoms with E-state index in [9.17, 15) is 4.79 Å². The molecular formula is C12H11BrN2O2. The monoisotopic (exact) mass is 294 g/mol. The van der Waals surface area contributed by atoms with E-state index >= 15 is 0 Å². The van der Waals surface area contributed by atoms with Crippen molar-refractivity contribution in [3.8, 4) is 0 Å². The van der Waals surface area contributed by atoms with E-state index in [1.165, 1.54) is 6.26 Å². The van der Waals surface area contributed by atoms with Crippen molar-refractivity contribution in [2.75, 3.05) is 10.6 Å². The Kier molecular flexibility index (Phi) is 3.49. The second-order valence-electron chi connectivity index (χ2n) is 3.54. The van der Waals surface area contributed by atoms with Crippen LogP contribution in [0.2, 0.25) is 0 Å². The standard InChI is InChI=1S/C12H11BrN2O2/c1-8-4-5-10(9(13)7-8)14-12(16)15-11-3-2-6-17-11/h2-7H,1H3,(H2,14,15,16). The van der Waals surface area contributed by atoms with Gasteiger partial charge in [0, 0.05) is 10.5 Å². The molecule has 0 radical (unpaired) electrons. The molecule has 1 aromatic heterocycles. The predicted octanol–water partition coefficient (Wildman–Crippen LogP) is 3.99. The number of carbonyl (C=O) groups excluding carboxylic acids is 1. The van der Waals surface area contributed by atoms with Crippen molar-refractivity contribution in [1.29, 1.82) is 0 Å². The first-order chi connectivity index (χ1) is 8.15. The Morgan fingerprint density at radius 3 is 2.76 bits per heavy atom.